The van der Waals surface area contributed by atoms with Crippen LogP contribution in [0.4, 0.5) is 8.78 Å². The van der Waals surface area contributed by atoms with E-state index in [1.54, 1.807) is 0 Å². The topological polar surface area (TPSA) is 32.3 Å². The number of hydrogen-bond acceptors (Lipinski definition) is 2. The Morgan fingerprint density at radius 3 is 2.90 bits per heavy atom. The van der Waals surface area contributed by atoms with E-state index < -0.39 is 11.6 Å². The van der Waals surface area contributed by atoms with Crippen LogP contribution in [-0.4, -0.2) is 37.0 Å². The van der Waals surface area contributed by atoms with E-state index in [-0.39, 0.29) is 23.3 Å². The maximum atomic E-state index is 13.6. The van der Waals surface area contributed by atoms with Crippen LogP contribution in [0.2, 0.25) is 0 Å². The summed E-state index contributed by atoms with van der Waals surface area (Å²) in [6.45, 7) is 3.46. The van der Waals surface area contributed by atoms with Crippen LogP contribution in [0.25, 0.3) is 0 Å². The van der Waals surface area contributed by atoms with E-state index in [2.05, 4.69) is 5.32 Å². The highest BCUT2D eigenvalue weighted by atomic mass is 19.1. The average molecular weight is 280 g/mol. The fourth-order valence-corrected chi connectivity index (χ4v) is 3.23. The third-order valence-corrected chi connectivity index (χ3v) is 4.48. The van der Waals surface area contributed by atoms with Gasteiger partial charge in [-0.05, 0) is 31.0 Å². The Bertz CT molecular complexity index is 527. The molecule has 1 unspecified atom stereocenters. The SMILES string of the molecule is O=C(Cc1ccc(F)cc1F)N1CCC2(CCNC2)C1. The van der Waals surface area contributed by atoms with Gasteiger partial charge in [-0.2, -0.15) is 0 Å². The Morgan fingerprint density at radius 2 is 2.20 bits per heavy atom. The third-order valence-electron chi connectivity index (χ3n) is 4.48. The molecule has 1 amide bonds. The number of hydrogen-bond donors (Lipinski definition) is 1. The molecule has 0 bridgehead atoms. The Morgan fingerprint density at radius 1 is 1.35 bits per heavy atom. The molecule has 1 spiro atoms. The summed E-state index contributed by atoms with van der Waals surface area (Å²) in [4.78, 5) is 14.1. The van der Waals surface area contributed by atoms with Crippen LogP contribution in [0.1, 0.15) is 18.4 Å². The summed E-state index contributed by atoms with van der Waals surface area (Å²) < 4.78 is 26.4. The minimum Gasteiger partial charge on any atom is -0.342 e. The van der Waals surface area contributed by atoms with E-state index in [4.69, 9.17) is 0 Å². The van der Waals surface area contributed by atoms with Gasteiger partial charge >= 0.3 is 0 Å². The zero-order valence-electron chi connectivity index (χ0n) is 11.3. The van der Waals surface area contributed by atoms with Crippen LogP contribution in [-0.2, 0) is 11.2 Å². The Kier molecular flexibility index (Phi) is 3.46. The van der Waals surface area contributed by atoms with Crippen molar-refractivity contribution >= 4 is 5.91 Å². The Hall–Kier alpha value is -1.49. The zero-order valence-corrected chi connectivity index (χ0v) is 11.3. The van der Waals surface area contributed by atoms with Gasteiger partial charge < -0.3 is 10.2 Å². The van der Waals surface area contributed by atoms with Crippen LogP contribution in [0.3, 0.4) is 0 Å². The van der Waals surface area contributed by atoms with Crippen LogP contribution in [0.5, 0.6) is 0 Å². The number of carbonyl (C=O) groups excluding carboxylic acids is 1. The first-order chi connectivity index (χ1) is 9.58. The number of carbonyl (C=O) groups is 1. The number of halogens is 2. The van der Waals surface area contributed by atoms with Crippen molar-refractivity contribution in [2.45, 2.75) is 19.3 Å². The van der Waals surface area contributed by atoms with Crippen molar-refractivity contribution in [2.24, 2.45) is 5.41 Å². The average Bonchev–Trinajstić information content (AvgIpc) is 3.04. The maximum absolute atomic E-state index is 13.6. The molecule has 0 saturated carbocycles. The lowest BCUT2D eigenvalue weighted by atomic mass is 9.86. The molecule has 2 saturated heterocycles. The van der Waals surface area contributed by atoms with Gasteiger partial charge in [-0.25, -0.2) is 8.78 Å². The zero-order chi connectivity index (χ0) is 14.2. The van der Waals surface area contributed by atoms with E-state index in [1.165, 1.54) is 12.1 Å². The van der Waals surface area contributed by atoms with Crippen molar-refractivity contribution in [2.75, 3.05) is 26.2 Å². The monoisotopic (exact) mass is 280 g/mol. The fraction of sp³-hybridized carbons (Fsp3) is 0.533. The molecule has 1 N–H and O–H groups in total. The summed E-state index contributed by atoms with van der Waals surface area (Å²) in [7, 11) is 0. The molecule has 3 nitrogen and oxygen atoms in total. The largest absolute Gasteiger partial charge is 0.342 e. The molecular formula is C15H18F2N2O. The van der Waals surface area contributed by atoms with Crippen molar-refractivity contribution < 1.29 is 13.6 Å². The molecule has 2 aliphatic heterocycles. The summed E-state index contributed by atoms with van der Waals surface area (Å²) in [6, 6.07) is 3.37. The Balaban J connectivity index is 1.65. The van der Waals surface area contributed by atoms with Gasteiger partial charge in [-0.1, -0.05) is 6.07 Å². The molecule has 2 fully saturated rings. The van der Waals surface area contributed by atoms with Gasteiger partial charge in [0, 0.05) is 31.1 Å². The lowest BCUT2D eigenvalue weighted by Gasteiger charge is -2.22. The summed E-state index contributed by atoms with van der Waals surface area (Å²) >= 11 is 0. The first kappa shape index (κ1) is 13.5. The van der Waals surface area contributed by atoms with Crippen LogP contribution in [0.15, 0.2) is 18.2 Å². The van der Waals surface area contributed by atoms with Gasteiger partial charge in [0.2, 0.25) is 5.91 Å². The molecule has 0 radical (unpaired) electrons. The lowest BCUT2D eigenvalue weighted by Crippen LogP contribution is -2.34. The molecule has 20 heavy (non-hydrogen) atoms. The fourth-order valence-electron chi connectivity index (χ4n) is 3.23. The van der Waals surface area contributed by atoms with Gasteiger partial charge in [0.25, 0.3) is 0 Å². The van der Waals surface area contributed by atoms with E-state index in [9.17, 15) is 13.6 Å². The summed E-state index contributed by atoms with van der Waals surface area (Å²) in [5, 5.41) is 3.34. The molecule has 1 atom stereocenters. The normalized spacial score (nSPS) is 25.6. The molecule has 1 aromatic carbocycles. The second-order valence-electron chi connectivity index (χ2n) is 5.90. The number of nitrogens with one attached hydrogen (secondary N) is 1. The Labute approximate surface area is 117 Å². The molecule has 5 heteroatoms. The number of likely N-dealkylation sites (tertiary alicyclic amines) is 1. The van der Waals surface area contributed by atoms with Crippen molar-refractivity contribution in [3.8, 4) is 0 Å². The highest BCUT2D eigenvalue weighted by Crippen LogP contribution is 2.36. The predicted molar refractivity (Wildman–Crippen MR) is 71.2 cm³/mol. The molecule has 1 aromatic rings. The number of benzene rings is 1. The second kappa shape index (κ2) is 5.13. The van der Waals surface area contributed by atoms with Gasteiger partial charge in [-0.3, -0.25) is 4.79 Å². The van der Waals surface area contributed by atoms with Gasteiger partial charge in [0.15, 0.2) is 0 Å². The van der Waals surface area contributed by atoms with Crippen molar-refractivity contribution in [1.82, 2.24) is 10.2 Å². The van der Waals surface area contributed by atoms with Gasteiger partial charge in [0.05, 0.1) is 6.42 Å². The number of rotatable bonds is 2. The van der Waals surface area contributed by atoms with Crippen LogP contribution < -0.4 is 5.32 Å². The highest BCUT2D eigenvalue weighted by Gasteiger charge is 2.41. The van der Waals surface area contributed by atoms with Gasteiger partial charge in [-0.15, -0.1) is 0 Å². The third kappa shape index (κ3) is 2.54. The van der Waals surface area contributed by atoms with Crippen LogP contribution >= 0.6 is 0 Å². The molecule has 0 aliphatic carbocycles. The predicted octanol–water partition coefficient (Wildman–Crippen LogP) is 1.72. The summed E-state index contributed by atoms with van der Waals surface area (Å²) in [5.41, 5.74) is 0.485. The standard InChI is InChI=1S/C15H18F2N2O/c16-12-2-1-11(13(17)8-12)7-14(20)19-6-4-15(10-19)3-5-18-9-15/h1-2,8,18H,3-7,9-10H2. The minimum absolute atomic E-state index is 0.00955. The molecule has 0 aromatic heterocycles. The maximum Gasteiger partial charge on any atom is 0.227 e. The molecular weight excluding hydrogens is 262 g/mol. The first-order valence-electron chi connectivity index (χ1n) is 7.00. The smallest absolute Gasteiger partial charge is 0.227 e. The van der Waals surface area contributed by atoms with Crippen molar-refractivity contribution in [3.63, 3.8) is 0 Å². The minimum atomic E-state index is -0.644. The molecule has 2 heterocycles. The van der Waals surface area contributed by atoms with Crippen LogP contribution in [0, 0.1) is 17.0 Å². The van der Waals surface area contributed by atoms with Crippen molar-refractivity contribution in [1.29, 1.82) is 0 Å². The summed E-state index contributed by atoms with van der Waals surface area (Å²) in [6.07, 6.45) is 2.12. The lowest BCUT2D eigenvalue weighted by molar-refractivity contribution is -0.129. The van der Waals surface area contributed by atoms with E-state index >= 15 is 0 Å². The van der Waals surface area contributed by atoms with Gasteiger partial charge in [0.1, 0.15) is 11.6 Å². The van der Waals surface area contributed by atoms with Crippen molar-refractivity contribution in [3.05, 3.63) is 35.4 Å². The van der Waals surface area contributed by atoms with E-state index in [0.29, 0.717) is 0 Å². The number of nitrogens with zero attached hydrogens (tertiary/aromatic N) is 1. The molecule has 3 rings (SSSR count). The molecule has 2 aliphatic rings. The van der Waals surface area contributed by atoms with E-state index in [1.807, 2.05) is 4.90 Å². The highest BCUT2D eigenvalue weighted by molar-refractivity contribution is 5.79. The summed E-state index contributed by atoms with van der Waals surface area (Å²) in [5.74, 6) is -1.33. The quantitative estimate of drug-likeness (QED) is 0.894. The van der Waals surface area contributed by atoms with E-state index in [0.717, 1.165) is 45.1 Å². The second-order valence-corrected chi connectivity index (χ2v) is 5.90. The number of amides is 1. The molecule has 108 valence electrons. The first-order valence-corrected chi connectivity index (χ1v) is 7.00.